The number of nitrogens with two attached hydrogens (primary N) is 1. The van der Waals surface area contributed by atoms with Crippen molar-refractivity contribution in [3.8, 4) is 0 Å². The number of hydrogen-bond donors (Lipinski definition) is 2. The number of halogens is 1. The van der Waals surface area contributed by atoms with E-state index in [4.69, 9.17) is 5.73 Å². The first-order valence-electron chi connectivity index (χ1n) is 6.43. The van der Waals surface area contributed by atoms with Gasteiger partial charge in [-0.1, -0.05) is 13.3 Å². The van der Waals surface area contributed by atoms with Gasteiger partial charge in [-0.25, -0.2) is 17.5 Å². The summed E-state index contributed by atoms with van der Waals surface area (Å²) in [5.41, 5.74) is 5.65. The first-order valence-corrected chi connectivity index (χ1v) is 7.91. The van der Waals surface area contributed by atoms with Gasteiger partial charge in [0, 0.05) is 12.2 Å². The molecule has 0 heterocycles. The van der Waals surface area contributed by atoms with Crippen molar-refractivity contribution in [1.29, 1.82) is 0 Å². The summed E-state index contributed by atoms with van der Waals surface area (Å²) in [7, 11) is -3.69. The van der Waals surface area contributed by atoms with Crippen LogP contribution in [0.4, 0.5) is 10.1 Å². The van der Waals surface area contributed by atoms with E-state index in [1.165, 1.54) is 6.07 Å². The van der Waals surface area contributed by atoms with Crippen molar-refractivity contribution in [2.24, 2.45) is 5.41 Å². The molecule has 3 N–H and O–H groups in total. The highest BCUT2D eigenvalue weighted by atomic mass is 32.2. The van der Waals surface area contributed by atoms with E-state index >= 15 is 0 Å². The number of hydrogen-bond acceptors (Lipinski definition) is 3. The van der Waals surface area contributed by atoms with Gasteiger partial charge in [0.05, 0.1) is 4.90 Å². The molecular formula is C13H19FN2O2S. The Morgan fingerprint density at radius 3 is 2.53 bits per heavy atom. The van der Waals surface area contributed by atoms with Crippen molar-refractivity contribution in [3.63, 3.8) is 0 Å². The highest BCUT2D eigenvalue weighted by Crippen LogP contribution is 2.43. The maximum absolute atomic E-state index is 13.2. The molecule has 0 bridgehead atoms. The van der Waals surface area contributed by atoms with Crippen LogP contribution in [0.5, 0.6) is 0 Å². The van der Waals surface area contributed by atoms with Crippen molar-refractivity contribution < 1.29 is 12.8 Å². The summed E-state index contributed by atoms with van der Waals surface area (Å²) in [6, 6.07) is 3.35. The lowest BCUT2D eigenvalue weighted by molar-refractivity contribution is 0.133. The quantitative estimate of drug-likeness (QED) is 0.816. The van der Waals surface area contributed by atoms with Crippen molar-refractivity contribution in [2.75, 3.05) is 12.3 Å². The molecule has 0 unspecified atom stereocenters. The molecule has 0 aliphatic heterocycles. The van der Waals surface area contributed by atoms with E-state index in [9.17, 15) is 12.8 Å². The van der Waals surface area contributed by atoms with Gasteiger partial charge in [-0.2, -0.15) is 0 Å². The lowest BCUT2D eigenvalue weighted by Crippen LogP contribution is -2.41. The van der Waals surface area contributed by atoms with E-state index in [2.05, 4.69) is 11.6 Å². The smallest absolute Gasteiger partial charge is 0.240 e. The van der Waals surface area contributed by atoms with Crippen molar-refractivity contribution >= 4 is 15.7 Å². The van der Waals surface area contributed by atoms with E-state index < -0.39 is 15.8 Å². The number of rotatable bonds is 5. The van der Waals surface area contributed by atoms with Crippen molar-refractivity contribution in [2.45, 2.75) is 37.5 Å². The molecule has 0 atom stereocenters. The molecular weight excluding hydrogens is 267 g/mol. The average Bonchev–Trinajstić information content (AvgIpc) is 2.26. The van der Waals surface area contributed by atoms with Gasteiger partial charge in [-0.3, -0.25) is 0 Å². The van der Waals surface area contributed by atoms with Crippen LogP contribution in [0.25, 0.3) is 0 Å². The zero-order chi connectivity index (χ0) is 14.1. The maximum atomic E-state index is 13.2. The zero-order valence-corrected chi connectivity index (χ0v) is 11.8. The third-order valence-corrected chi connectivity index (χ3v) is 5.39. The normalized spacial score (nSPS) is 18.0. The van der Waals surface area contributed by atoms with Crippen LogP contribution in [0.15, 0.2) is 23.1 Å². The van der Waals surface area contributed by atoms with Crippen molar-refractivity contribution in [3.05, 3.63) is 24.0 Å². The first kappa shape index (κ1) is 14.3. The maximum Gasteiger partial charge on any atom is 0.240 e. The number of anilines is 1. The van der Waals surface area contributed by atoms with E-state index in [0.29, 0.717) is 6.54 Å². The number of nitrogens with one attached hydrogen (secondary N) is 1. The Hall–Kier alpha value is -1.14. The molecule has 1 aliphatic carbocycles. The van der Waals surface area contributed by atoms with E-state index in [1.807, 2.05) is 0 Å². The molecule has 19 heavy (non-hydrogen) atoms. The summed E-state index contributed by atoms with van der Waals surface area (Å²) in [5, 5.41) is 0. The first-order chi connectivity index (χ1) is 8.87. The lowest BCUT2D eigenvalue weighted by atomic mass is 9.67. The fourth-order valence-corrected chi connectivity index (χ4v) is 3.62. The molecule has 1 aliphatic rings. The fourth-order valence-electron chi connectivity index (χ4n) is 2.40. The molecule has 4 nitrogen and oxygen atoms in total. The number of benzene rings is 1. The second kappa shape index (κ2) is 5.09. The number of nitrogen functional groups attached to an aromatic ring is 1. The predicted molar refractivity (Wildman–Crippen MR) is 72.6 cm³/mol. The molecule has 106 valence electrons. The van der Waals surface area contributed by atoms with E-state index in [-0.39, 0.29) is 16.0 Å². The minimum absolute atomic E-state index is 0.0753. The topological polar surface area (TPSA) is 72.2 Å². The molecule has 0 spiro atoms. The summed E-state index contributed by atoms with van der Waals surface area (Å²) < 4.78 is 40.0. The Bertz CT molecular complexity index is 542. The standard InChI is InChI=1S/C13H19FN2O2S/c1-2-13(4-3-5-13)9-16-19(17,18)12-7-10(14)6-11(15)8-12/h6-8,16H,2-5,9,15H2,1H3. The molecule has 0 saturated heterocycles. The highest BCUT2D eigenvalue weighted by molar-refractivity contribution is 7.89. The third-order valence-electron chi connectivity index (χ3n) is 4.01. The number of sulfonamides is 1. The fraction of sp³-hybridized carbons (Fsp3) is 0.538. The molecule has 0 aromatic heterocycles. The van der Waals surface area contributed by atoms with Crippen LogP contribution in [0.3, 0.4) is 0 Å². The molecule has 1 saturated carbocycles. The summed E-state index contributed by atoms with van der Waals surface area (Å²) in [5.74, 6) is -0.644. The van der Waals surface area contributed by atoms with Crippen LogP contribution in [-0.2, 0) is 10.0 Å². The van der Waals surface area contributed by atoms with Gasteiger partial charge < -0.3 is 5.73 Å². The Labute approximate surface area is 113 Å². The molecule has 1 aromatic carbocycles. The second-order valence-electron chi connectivity index (χ2n) is 5.25. The Kier molecular flexibility index (Phi) is 3.82. The van der Waals surface area contributed by atoms with Gasteiger partial charge in [0.2, 0.25) is 10.0 Å². The van der Waals surface area contributed by atoms with Gasteiger partial charge in [0.1, 0.15) is 5.82 Å². The van der Waals surface area contributed by atoms with Crippen molar-refractivity contribution in [1.82, 2.24) is 4.72 Å². The van der Waals surface area contributed by atoms with Crippen LogP contribution in [-0.4, -0.2) is 15.0 Å². The second-order valence-corrected chi connectivity index (χ2v) is 7.02. The van der Waals surface area contributed by atoms with Crippen LogP contribution >= 0.6 is 0 Å². The molecule has 2 rings (SSSR count). The van der Waals surface area contributed by atoms with E-state index in [1.54, 1.807) is 0 Å². The monoisotopic (exact) mass is 286 g/mol. The molecule has 0 amide bonds. The Morgan fingerprint density at radius 1 is 1.37 bits per heavy atom. The molecule has 0 radical (unpaired) electrons. The minimum Gasteiger partial charge on any atom is -0.399 e. The third kappa shape index (κ3) is 3.06. The summed E-state index contributed by atoms with van der Waals surface area (Å²) in [4.78, 5) is -0.115. The lowest BCUT2D eigenvalue weighted by Gasteiger charge is -2.41. The predicted octanol–water partition coefficient (Wildman–Crippen LogP) is 2.27. The largest absolute Gasteiger partial charge is 0.399 e. The van der Waals surface area contributed by atoms with Crippen LogP contribution in [0, 0.1) is 11.2 Å². The van der Waals surface area contributed by atoms with Gasteiger partial charge in [-0.05, 0) is 42.9 Å². The molecule has 6 heteroatoms. The van der Waals surface area contributed by atoms with Crippen LogP contribution in [0.1, 0.15) is 32.6 Å². The van der Waals surface area contributed by atoms with Crippen LogP contribution in [0.2, 0.25) is 0 Å². The van der Waals surface area contributed by atoms with Gasteiger partial charge in [0.25, 0.3) is 0 Å². The van der Waals surface area contributed by atoms with Gasteiger partial charge in [0.15, 0.2) is 0 Å². The van der Waals surface area contributed by atoms with Gasteiger partial charge >= 0.3 is 0 Å². The summed E-state index contributed by atoms with van der Waals surface area (Å²) in [6.45, 7) is 2.47. The zero-order valence-electron chi connectivity index (χ0n) is 10.9. The molecule has 1 aromatic rings. The summed E-state index contributed by atoms with van der Waals surface area (Å²) in [6.07, 6.45) is 4.16. The molecule has 1 fully saturated rings. The van der Waals surface area contributed by atoms with E-state index in [0.717, 1.165) is 37.8 Å². The average molecular weight is 286 g/mol. The SMILES string of the molecule is CCC1(CNS(=O)(=O)c2cc(N)cc(F)c2)CCC1. The Balaban J connectivity index is 2.14. The highest BCUT2D eigenvalue weighted by Gasteiger charge is 2.36. The Morgan fingerprint density at radius 2 is 2.05 bits per heavy atom. The van der Waals surface area contributed by atoms with Gasteiger partial charge in [-0.15, -0.1) is 0 Å². The summed E-state index contributed by atoms with van der Waals surface area (Å²) >= 11 is 0. The minimum atomic E-state index is -3.69. The van der Waals surface area contributed by atoms with Crippen LogP contribution < -0.4 is 10.5 Å².